The molecular formula is C11H18N4O. The van der Waals surface area contributed by atoms with Gasteiger partial charge in [0.2, 0.25) is 0 Å². The zero-order valence-corrected chi connectivity index (χ0v) is 9.55. The van der Waals surface area contributed by atoms with Gasteiger partial charge in [-0.2, -0.15) is 0 Å². The predicted molar refractivity (Wildman–Crippen MR) is 63.6 cm³/mol. The Kier molecular flexibility index (Phi) is 3.24. The Bertz CT molecular complexity index is 395. The highest BCUT2D eigenvalue weighted by molar-refractivity contribution is 5.30. The first-order valence-electron chi connectivity index (χ1n) is 5.68. The summed E-state index contributed by atoms with van der Waals surface area (Å²) in [7, 11) is 0. The van der Waals surface area contributed by atoms with E-state index in [9.17, 15) is 4.79 Å². The molecule has 1 unspecified atom stereocenters. The lowest BCUT2D eigenvalue weighted by Gasteiger charge is -2.34. The van der Waals surface area contributed by atoms with Gasteiger partial charge in [0.25, 0.3) is 5.56 Å². The molecule has 1 aromatic rings. The second kappa shape index (κ2) is 4.65. The highest BCUT2D eigenvalue weighted by Crippen LogP contribution is 2.24. The van der Waals surface area contributed by atoms with Gasteiger partial charge in [0.1, 0.15) is 0 Å². The van der Waals surface area contributed by atoms with Crippen molar-refractivity contribution in [2.24, 2.45) is 5.41 Å². The van der Waals surface area contributed by atoms with Crippen LogP contribution in [0.3, 0.4) is 0 Å². The summed E-state index contributed by atoms with van der Waals surface area (Å²) in [5, 5.41) is 6.51. The van der Waals surface area contributed by atoms with Gasteiger partial charge in [-0.25, -0.2) is 4.98 Å². The first-order chi connectivity index (χ1) is 7.70. The zero-order chi connectivity index (χ0) is 11.4. The zero-order valence-electron chi connectivity index (χ0n) is 9.55. The summed E-state index contributed by atoms with van der Waals surface area (Å²) in [5.74, 6) is 0.411. The summed E-state index contributed by atoms with van der Waals surface area (Å²) in [6.45, 7) is 5.09. The van der Waals surface area contributed by atoms with Crippen LogP contribution in [0.1, 0.15) is 19.8 Å². The molecule has 1 aliphatic rings. The van der Waals surface area contributed by atoms with Crippen LogP contribution in [0.25, 0.3) is 0 Å². The van der Waals surface area contributed by atoms with Gasteiger partial charge >= 0.3 is 0 Å². The lowest BCUT2D eigenvalue weighted by atomic mass is 9.83. The van der Waals surface area contributed by atoms with Crippen molar-refractivity contribution in [3.05, 3.63) is 22.7 Å². The van der Waals surface area contributed by atoms with E-state index in [0.717, 1.165) is 19.6 Å². The molecule has 0 saturated carbocycles. The average molecular weight is 222 g/mol. The first kappa shape index (κ1) is 11.1. The monoisotopic (exact) mass is 222 g/mol. The molecule has 3 N–H and O–H groups in total. The number of rotatable bonds is 3. The van der Waals surface area contributed by atoms with Crippen LogP contribution < -0.4 is 16.2 Å². The lowest BCUT2D eigenvalue weighted by Crippen LogP contribution is -2.42. The van der Waals surface area contributed by atoms with E-state index in [1.807, 2.05) is 0 Å². The van der Waals surface area contributed by atoms with Crippen molar-refractivity contribution in [2.45, 2.75) is 19.8 Å². The Labute approximate surface area is 94.7 Å². The summed E-state index contributed by atoms with van der Waals surface area (Å²) in [6.07, 6.45) is 5.50. The van der Waals surface area contributed by atoms with E-state index in [1.54, 1.807) is 6.20 Å². The molecule has 1 saturated heterocycles. The lowest BCUT2D eigenvalue weighted by molar-refractivity contribution is 0.253. The number of nitrogens with zero attached hydrogens (tertiary/aromatic N) is 1. The molecule has 2 rings (SSSR count). The molecule has 5 nitrogen and oxygen atoms in total. The number of nitrogens with one attached hydrogen (secondary N) is 3. The molecule has 1 fully saturated rings. The summed E-state index contributed by atoms with van der Waals surface area (Å²) in [6, 6.07) is 0. The van der Waals surface area contributed by atoms with E-state index >= 15 is 0 Å². The van der Waals surface area contributed by atoms with Gasteiger partial charge in [0.15, 0.2) is 5.82 Å². The number of piperidine rings is 1. The maximum absolute atomic E-state index is 11.4. The molecule has 0 aliphatic carbocycles. The summed E-state index contributed by atoms with van der Waals surface area (Å²) in [5.41, 5.74) is 0.0530. The minimum atomic E-state index is -0.158. The van der Waals surface area contributed by atoms with E-state index in [-0.39, 0.29) is 11.0 Å². The van der Waals surface area contributed by atoms with Crippen LogP contribution in [0, 0.1) is 5.41 Å². The molecule has 5 heteroatoms. The Hall–Kier alpha value is -1.36. The van der Waals surface area contributed by atoms with Gasteiger partial charge in [-0.15, -0.1) is 0 Å². The quantitative estimate of drug-likeness (QED) is 0.699. The average Bonchev–Trinajstić information content (AvgIpc) is 2.29. The van der Waals surface area contributed by atoms with Gasteiger partial charge < -0.3 is 15.6 Å². The molecule has 88 valence electrons. The van der Waals surface area contributed by atoms with Crippen molar-refractivity contribution in [1.82, 2.24) is 15.3 Å². The summed E-state index contributed by atoms with van der Waals surface area (Å²) >= 11 is 0. The van der Waals surface area contributed by atoms with Gasteiger partial charge in [-0.3, -0.25) is 4.79 Å². The smallest absolute Gasteiger partial charge is 0.290 e. The van der Waals surface area contributed by atoms with E-state index in [4.69, 9.17) is 0 Å². The van der Waals surface area contributed by atoms with Crippen LogP contribution in [0.4, 0.5) is 5.82 Å². The molecule has 0 bridgehead atoms. The van der Waals surface area contributed by atoms with E-state index in [1.165, 1.54) is 19.0 Å². The standard InChI is InChI=1S/C11H18N4O/c1-11(3-2-4-12-7-11)8-15-9-10(16)14-6-5-13-9/h5-6,12H,2-4,7-8H2,1H3,(H,13,15)(H,14,16). The van der Waals surface area contributed by atoms with Crippen molar-refractivity contribution in [3.63, 3.8) is 0 Å². The van der Waals surface area contributed by atoms with Crippen LogP contribution in [0.5, 0.6) is 0 Å². The number of hydrogen-bond acceptors (Lipinski definition) is 4. The van der Waals surface area contributed by atoms with Crippen molar-refractivity contribution >= 4 is 5.82 Å². The fourth-order valence-electron chi connectivity index (χ4n) is 2.04. The van der Waals surface area contributed by atoms with Crippen LogP contribution in [0.15, 0.2) is 17.2 Å². The summed E-state index contributed by atoms with van der Waals surface area (Å²) in [4.78, 5) is 18.0. The van der Waals surface area contributed by atoms with Gasteiger partial charge in [0, 0.05) is 25.5 Å². The molecule has 2 heterocycles. The highest BCUT2D eigenvalue weighted by Gasteiger charge is 2.26. The third kappa shape index (κ3) is 2.61. The minimum Gasteiger partial charge on any atom is -0.365 e. The fraction of sp³-hybridized carbons (Fsp3) is 0.636. The topological polar surface area (TPSA) is 69.8 Å². The molecular weight excluding hydrogens is 204 g/mol. The van der Waals surface area contributed by atoms with Crippen LogP contribution in [0.2, 0.25) is 0 Å². The Morgan fingerprint density at radius 3 is 3.19 bits per heavy atom. The number of anilines is 1. The van der Waals surface area contributed by atoms with E-state index in [0.29, 0.717) is 5.82 Å². The molecule has 1 aliphatic heterocycles. The largest absolute Gasteiger partial charge is 0.365 e. The molecule has 0 aromatic carbocycles. The normalized spacial score (nSPS) is 25.3. The van der Waals surface area contributed by atoms with Gasteiger partial charge in [0.05, 0.1) is 0 Å². The molecule has 1 atom stereocenters. The third-order valence-electron chi connectivity index (χ3n) is 3.08. The molecule has 0 amide bonds. The number of hydrogen-bond donors (Lipinski definition) is 3. The van der Waals surface area contributed by atoms with Crippen molar-refractivity contribution in [3.8, 4) is 0 Å². The molecule has 0 radical (unpaired) electrons. The second-order valence-corrected chi connectivity index (χ2v) is 4.71. The van der Waals surface area contributed by atoms with Crippen LogP contribution in [-0.2, 0) is 0 Å². The maximum Gasteiger partial charge on any atom is 0.290 e. The third-order valence-corrected chi connectivity index (χ3v) is 3.08. The second-order valence-electron chi connectivity index (χ2n) is 4.71. The van der Waals surface area contributed by atoms with Crippen molar-refractivity contribution in [2.75, 3.05) is 25.0 Å². The Morgan fingerprint density at radius 1 is 1.62 bits per heavy atom. The van der Waals surface area contributed by atoms with Crippen LogP contribution >= 0.6 is 0 Å². The Balaban J connectivity index is 1.96. The van der Waals surface area contributed by atoms with Crippen molar-refractivity contribution < 1.29 is 0 Å². The summed E-state index contributed by atoms with van der Waals surface area (Å²) < 4.78 is 0. The predicted octanol–water partition coefficient (Wildman–Crippen LogP) is 0.571. The van der Waals surface area contributed by atoms with E-state index < -0.39 is 0 Å². The number of aromatic nitrogens is 2. The highest BCUT2D eigenvalue weighted by atomic mass is 16.1. The van der Waals surface area contributed by atoms with Gasteiger partial charge in [-0.05, 0) is 24.8 Å². The van der Waals surface area contributed by atoms with Crippen LogP contribution in [-0.4, -0.2) is 29.6 Å². The number of H-pyrrole nitrogens is 1. The number of aromatic amines is 1. The van der Waals surface area contributed by atoms with Crippen molar-refractivity contribution in [1.29, 1.82) is 0 Å². The first-order valence-corrected chi connectivity index (χ1v) is 5.68. The maximum atomic E-state index is 11.4. The molecule has 0 spiro atoms. The minimum absolute atomic E-state index is 0.158. The van der Waals surface area contributed by atoms with E-state index in [2.05, 4.69) is 27.5 Å². The SMILES string of the molecule is CC1(CNc2ncc[nH]c2=O)CCCNC1. The molecule has 1 aromatic heterocycles. The Morgan fingerprint density at radius 2 is 2.50 bits per heavy atom. The molecule has 16 heavy (non-hydrogen) atoms. The van der Waals surface area contributed by atoms with Gasteiger partial charge in [-0.1, -0.05) is 6.92 Å². The fourth-order valence-corrected chi connectivity index (χ4v) is 2.04.